The summed E-state index contributed by atoms with van der Waals surface area (Å²) < 4.78 is 0. The van der Waals surface area contributed by atoms with Crippen molar-refractivity contribution in [2.24, 2.45) is 0 Å². The summed E-state index contributed by atoms with van der Waals surface area (Å²) in [5, 5.41) is 12.3. The van der Waals surface area contributed by atoms with E-state index in [0.29, 0.717) is 5.56 Å². The second-order valence-corrected chi connectivity index (χ2v) is 5.85. The number of aromatic carboxylic acids is 1. The third kappa shape index (κ3) is 2.41. The first-order valence-corrected chi connectivity index (χ1v) is 7.59. The molecule has 5 heteroatoms. The molecule has 1 aliphatic rings. The second-order valence-electron chi connectivity index (χ2n) is 4.91. The average molecular weight is 288 g/mol. The molecule has 0 atom stereocenters. The van der Waals surface area contributed by atoms with Crippen molar-refractivity contribution in [2.75, 3.05) is 11.4 Å². The number of aryl methyl sites for hydroxylation is 1. The van der Waals surface area contributed by atoms with Crippen molar-refractivity contribution in [3.8, 4) is 0 Å². The first-order valence-electron chi connectivity index (χ1n) is 6.72. The molecular formula is C15H16N2O2S. The number of rotatable bonds is 4. The summed E-state index contributed by atoms with van der Waals surface area (Å²) in [6.07, 6.45) is 1.88. The van der Waals surface area contributed by atoms with Crippen LogP contribution in [0.15, 0.2) is 23.6 Å². The standard InChI is InChI=1S/C15H16N2O2S/c1-2-14-16-12(9-20-14)8-17-6-5-10-7-11(15(18)19)3-4-13(10)17/h3-4,7,9H,2,5-6,8H2,1H3,(H,18,19). The Kier molecular flexibility index (Phi) is 3.44. The molecule has 4 nitrogen and oxygen atoms in total. The zero-order valence-corrected chi connectivity index (χ0v) is 12.1. The van der Waals surface area contributed by atoms with Crippen molar-refractivity contribution in [1.29, 1.82) is 0 Å². The zero-order valence-electron chi connectivity index (χ0n) is 11.3. The molecule has 0 radical (unpaired) electrons. The van der Waals surface area contributed by atoms with Gasteiger partial charge in [-0.2, -0.15) is 0 Å². The molecule has 2 heterocycles. The molecule has 0 saturated carbocycles. The van der Waals surface area contributed by atoms with Crippen molar-refractivity contribution in [1.82, 2.24) is 4.98 Å². The number of hydrogen-bond acceptors (Lipinski definition) is 4. The Hall–Kier alpha value is -1.88. The number of nitrogens with zero attached hydrogens (tertiary/aromatic N) is 2. The highest BCUT2D eigenvalue weighted by atomic mass is 32.1. The Morgan fingerprint density at radius 1 is 1.50 bits per heavy atom. The van der Waals surface area contributed by atoms with Crippen LogP contribution in [0.25, 0.3) is 0 Å². The smallest absolute Gasteiger partial charge is 0.335 e. The van der Waals surface area contributed by atoms with Gasteiger partial charge in [-0.15, -0.1) is 11.3 Å². The minimum atomic E-state index is -0.863. The minimum Gasteiger partial charge on any atom is -0.478 e. The number of thiazole rings is 1. The van der Waals surface area contributed by atoms with Gasteiger partial charge in [-0.05, 0) is 36.6 Å². The van der Waals surface area contributed by atoms with Crippen LogP contribution in [0.3, 0.4) is 0 Å². The third-order valence-corrected chi connectivity index (χ3v) is 4.61. The number of hydrogen-bond donors (Lipinski definition) is 1. The van der Waals surface area contributed by atoms with Gasteiger partial charge in [0.1, 0.15) is 0 Å². The molecule has 1 aromatic heterocycles. The van der Waals surface area contributed by atoms with E-state index in [1.165, 1.54) is 5.01 Å². The first-order chi connectivity index (χ1) is 9.67. The van der Waals surface area contributed by atoms with Crippen molar-refractivity contribution < 1.29 is 9.90 Å². The van der Waals surface area contributed by atoms with Gasteiger partial charge in [-0.25, -0.2) is 9.78 Å². The van der Waals surface area contributed by atoms with Crippen molar-refractivity contribution in [3.05, 3.63) is 45.4 Å². The fraction of sp³-hybridized carbons (Fsp3) is 0.333. The monoisotopic (exact) mass is 288 g/mol. The van der Waals surface area contributed by atoms with E-state index in [9.17, 15) is 4.79 Å². The molecule has 3 rings (SSSR count). The topological polar surface area (TPSA) is 53.4 Å². The molecule has 1 N–H and O–H groups in total. The number of fused-ring (bicyclic) bond motifs is 1. The molecule has 0 spiro atoms. The summed E-state index contributed by atoms with van der Waals surface area (Å²) in [4.78, 5) is 17.9. The van der Waals surface area contributed by atoms with Gasteiger partial charge in [-0.1, -0.05) is 6.92 Å². The van der Waals surface area contributed by atoms with Crippen LogP contribution in [0.2, 0.25) is 0 Å². The highest BCUT2D eigenvalue weighted by Crippen LogP contribution is 2.30. The van der Waals surface area contributed by atoms with E-state index < -0.39 is 5.97 Å². The lowest BCUT2D eigenvalue weighted by Gasteiger charge is -2.18. The minimum absolute atomic E-state index is 0.368. The van der Waals surface area contributed by atoms with Crippen LogP contribution in [0.5, 0.6) is 0 Å². The molecule has 0 unspecified atom stereocenters. The van der Waals surface area contributed by atoms with Gasteiger partial charge in [0.2, 0.25) is 0 Å². The van der Waals surface area contributed by atoms with E-state index in [1.807, 2.05) is 6.07 Å². The average Bonchev–Trinajstić information content (AvgIpc) is 3.06. The predicted octanol–water partition coefficient (Wildman–Crippen LogP) is 2.97. The third-order valence-electron chi connectivity index (χ3n) is 3.57. The van der Waals surface area contributed by atoms with Crippen LogP contribution in [0.1, 0.15) is 33.5 Å². The first kappa shape index (κ1) is 13.1. The van der Waals surface area contributed by atoms with Crippen LogP contribution in [0, 0.1) is 0 Å². The van der Waals surface area contributed by atoms with E-state index >= 15 is 0 Å². The largest absolute Gasteiger partial charge is 0.478 e. The predicted molar refractivity (Wildman–Crippen MR) is 79.6 cm³/mol. The Morgan fingerprint density at radius 2 is 2.35 bits per heavy atom. The van der Waals surface area contributed by atoms with Crippen LogP contribution in [-0.2, 0) is 19.4 Å². The fourth-order valence-corrected chi connectivity index (χ4v) is 3.28. The van der Waals surface area contributed by atoms with Crippen molar-refractivity contribution >= 4 is 23.0 Å². The molecule has 0 saturated heterocycles. The Morgan fingerprint density at radius 3 is 3.05 bits per heavy atom. The lowest BCUT2D eigenvalue weighted by Crippen LogP contribution is -2.19. The lowest BCUT2D eigenvalue weighted by molar-refractivity contribution is 0.0697. The van der Waals surface area contributed by atoms with E-state index in [1.54, 1.807) is 23.5 Å². The molecule has 1 aromatic carbocycles. The highest BCUT2D eigenvalue weighted by Gasteiger charge is 2.21. The number of benzene rings is 1. The Balaban J connectivity index is 1.80. The summed E-state index contributed by atoms with van der Waals surface area (Å²) in [5.41, 5.74) is 3.73. The molecule has 0 aliphatic carbocycles. The summed E-state index contributed by atoms with van der Waals surface area (Å²) in [5.74, 6) is -0.863. The second kappa shape index (κ2) is 5.25. The molecule has 2 aromatic rings. The summed E-state index contributed by atoms with van der Waals surface area (Å²) in [7, 11) is 0. The Bertz CT molecular complexity index is 651. The SMILES string of the molecule is CCc1nc(CN2CCc3cc(C(=O)O)ccc32)cs1. The zero-order chi connectivity index (χ0) is 14.1. The van der Waals surface area contributed by atoms with Crippen LogP contribution in [-0.4, -0.2) is 22.6 Å². The summed E-state index contributed by atoms with van der Waals surface area (Å²) >= 11 is 1.71. The molecule has 104 valence electrons. The maximum atomic E-state index is 11.0. The molecule has 1 aliphatic heterocycles. The molecule has 0 amide bonds. The quantitative estimate of drug-likeness (QED) is 0.939. The summed E-state index contributed by atoms with van der Waals surface area (Å²) in [6, 6.07) is 5.38. The molecule has 0 fully saturated rings. The van der Waals surface area contributed by atoms with Crippen molar-refractivity contribution in [3.63, 3.8) is 0 Å². The van der Waals surface area contributed by atoms with Gasteiger partial charge in [0, 0.05) is 17.6 Å². The number of anilines is 1. The van der Waals surface area contributed by atoms with Crippen LogP contribution < -0.4 is 4.90 Å². The van der Waals surface area contributed by atoms with Gasteiger partial charge in [-0.3, -0.25) is 0 Å². The van der Waals surface area contributed by atoms with Crippen LogP contribution in [0.4, 0.5) is 5.69 Å². The van der Waals surface area contributed by atoms with E-state index in [4.69, 9.17) is 5.11 Å². The number of carboxylic acids is 1. The fourth-order valence-electron chi connectivity index (χ4n) is 2.55. The van der Waals surface area contributed by atoms with E-state index in [2.05, 4.69) is 22.2 Å². The van der Waals surface area contributed by atoms with Gasteiger partial charge >= 0.3 is 5.97 Å². The molecular weight excluding hydrogens is 272 g/mol. The normalized spacial score (nSPS) is 13.6. The summed E-state index contributed by atoms with van der Waals surface area (Å²) in [6.45, 7) is 3.84. The highest BCUT2D eigenvalue weighted by molar-refractivity contribution is 7.09. The van der Waals surface area contributed by atoms with E-state index in [0.717, 1.165) is 42.9 Å². The molecule has 0 bridgehead atoms. The van der Waals surface area contributed by atoms with Gasteiger partial charge in [0.05, 0.1) is 22.8 Å². The Labute approximate surface area is 121 Å². The van der Waals surface area contributed by atoms with Crippen LogP contribution >= 0.6 is 11.3 Å². The lowest BCUT2D eigenvalue weighted by atomic mass is 10.1. The number of aromatic nitrogens is 1. The number of carbonyl (C=O) groups is 1. The molecule has 20 heavy (non-hydrogen) atoms. The maximum absolute atomic E-state index is 11.0. The number of carboxylic acid groups (broad SMARTS) is 1. The maximum Gasteiger partial charge on any atom is 0.335 e. The van der Waals surface area contributed by atoms with Crippen molar-refractivity contribution in [2.45, 2.75) is 26.3 Å². The van der Waals surface area contributed by atoms with Gasteiger partial charge < -0.3 is 10.0 Å². The van der Waals surface area contributed by atoms with Gasteiger partial charge in [0.25, 0.3) is 0 Å². The van der Waals surface area contributed by atoms with Gasteiger partial charge in [0.15, 0.2) is 0 Å². The van der Waals surface area contributed by atoms with E-state index in [-0.39, 0.29) is 0 Å².